The monoisotopic (exact) mass is 441 g/mol. The van der Waals surface area contributed by atoms with Gasteiger partial charge in [0.1, 0.15) is 23.9 Å². The molecule has 0 fully saturated rings. The minimum atomic E-state index is -0.774. The van der Waals surface area contributed by atoms with Gasteiger partial charge in [0.05, 0.1) is 6.54 Å². The van der Waals surface area contributed by atoms with E-state index in [9.17, 15) is 14.0 Å². The number of halogens is 2. The van der Waals surface area contributed by atoms with Crippen molar-refractivity contribution in [1.29, 1.82) is 0 Å². The molecule has 4 rings (SSSR count). The van der Waals surface area contributed by atoms with Crippen LogP contribution in [0.3, 0.4) is 0 Å². The van der Waals surface area contributed by atoms with Gasteiger partial charge in [0.25, 0.3) is 0 Å². The molecule has 2 aromatic carbocycles. The highest BCUT2D eigenvalue weighted by Gasteiger charge is 2.17. The summed E-state index contributed by atoms with van der Waals surface area (Å²) in [7, 11) is 1.60. The second-order valence-corrected chi connectivity index (χ2v) is 7.30. The van der Waals surface area contributed by atoms with E-state index in [2.05, 4.69) is 5.10 Å². The molecule has 0 bridgehead atoms. The van der Waals surface area contributed by atoms with E-state index in [0.29, 0.717) is 22.1 Å². The summed E-state index contributed by atoms with van der Waals surface area (Å²) in [4.78, 5) is 26.0. The summed E-state index contributed by atoms with van der Waals surface area (Å²) in [5.41, 5.74) is 1.30. The zero-order chi connectivity index (χ0) is 22.0. The Balaban J connectivity index is 1.42. The van der Waals surface area contributed by atoms with Gasteiger partial charge in [-0.3, -0.25) is 4.79 Å². The van der Waals surface area contributed by atoms with E-state index in [1.54, 1.807) is 25.2 Å². The zero-order valence-corrected chi connectivity index (χ0v) is 17.2. The summed E-state index contributed by atoms with van der Waals surface area (Å²) in [6.45, 7) is -0.0887. The number of likely N-dealkylation sites (N-methyl/N-ethyl adjacent to an activating group) is 1. The Bertz CT molecular complexity index is 1260. The average Bonchev–Trinajstić information content (AvgIpc) is 3.36. The number of carbonyl (C=O) groups excluding carboxylic acids is 1. The maximum Gasteiger partial charge on any atom is 0.437 e. The first kappa shape index (κ1) is 20.6. The Morgan fingerprint density at radius 2 is 1.71 bits per heavy atom. The van der Waals surface area contributed by atoms with Crippen LogP contribution in [0.25, 0.3) is 22.8 Å². The van der Waals surface area contributed by atoms with Crippen molar-refractivity contribution in [2.45, 2.75) is 13.1 Å². The fourth-order valence-corrected chi connectivity index (χ4v) is 3.04. The maximum atomic E-state index is 13.1. The van der Waals surface area contributed by atoms with Crippen LogP contribution in [0.5, 0.6) is 0 Å². The molecule has 2 heterocycles. The van der Waals surface area contributed by atoms with Gasteiger partial charge in [-0.1, -0.05) is 11.6 Å². The number of hydrogen-bond acceptors (Lipinski definition) is 5. The lowest BCUT2D eigenvalue weighted by Gasteiger charge is -2.15. The zero-order valence-electron chi connectivity index (χ0n) is 16.4. The Kier molecular flexibility index (Phi) is 5.73. The van der Waals surface area contributed by atoms with Gasteiger partial charge in [0.2, 0.25) is 11.8 Å². The van der Waals surface area contributed by atoms with E-state index < -0.39 is 11.6 Å². The number of aromatic nitrogens is 2. The summed E-state index contributed by atoms with van der Waals surface area (Å²) >= 11 is 5.90. The number of nitrogens with zero attached hydrogens (tertiary/aromatic N) is 3. The summed E-state index contributed by atoms with van der Waals surface area (Å²) in [6.07, 6.45) is 0. The number of benzene rings is 2. The third kappa shape index (κ3) is 4.75. The van der Waals surface area contributed by atoms with Crippen molar-refractivity contribution < 1.29 is 18.0 Å². The van der Waals surface area contributed by atoms with Gasteiger partial charge >= 0.3 is 5.76 Å². The van der Waals surface area contributed by atoms with Crippen molar-refractivity contribution in [2.24, 2.45) is 0 Å². The maximum absolute atomic E-state index is 13.1. The molecular formula is C22H17ClFN3O4. The summed E-state index contributed by atoms with van der Waals surface area (Å²) in [5.74, 6) is -0.294. The summed E-state index contributed by atoms with van der Waals surface area (Å²) < 4.78 is 24.9. The van der Waals surface area contributed by atoms with Crippen molar-refractivity contribution >= 4 is 17.5 Å². The molecule has 0 aliphatic carbocycles. The van der Waals surface area contributed by atoms with Crippen LogP contribution in [-0.4, -0.2) is 27.6 Å². The lowest BCUT2D eigenvalue weighted by atomic mass is 10.2. The highest BCUT2D eigenvalue weighted by Crippen LogP contribution is 2.24. The van der Waals surface area contributed by atoms with E-state index in [1.165, 1.54) is 29.2 Å². The molecule has 0 radical (unpaired) electrons. The van der Waals surface area contributed by atoms with Crippen molar-refractivity contribution in [1.82, 2.24) is 14.7 Å². The van der Waals surface area contributed by atoms with E-state index in [-0.39, 0.29) is 24.9 Å². The molecule has 158 valence electrons. The van der Waals surface area contributed by atoms with E-state index >= 15 is 0 Å². The predicted octanol–water partition coefficient (Wildman–Crippen LogP) is 4.21. The van der Waals surface area contributed by atoms with Crippen LogP contribution in [0.15, 0.2) is 74.3 Å². The van der Waals surface area contributed by atoms with E-state index in [4.69, 9.17) is 20.4 Å². The predicted molar refractivity (Wildman–Crippen MR) is 112 cm³/mol. The molecule has 0 atom stereocenters. The van der Waals surface area contributed by atoms with Crippen molar-refractivity contribution in [3.8, 4) is 22.8 Å². The fraction of sp³-hybridized carbons (Fsp3) is 0.136. The lowest BCUT2D eigenvalue weighted by molar-refractivity contribution is -0.131. The number of carbonyl (C=O) groups is 1. The smallest absolute Gasteiger partial charge is 0.437 e. The molecule has 0 unspecified atom stereocenters. The van der Waals surface area contributed by atoms with Crippen molar-refractivity contribution in [3.63, 3.8) is 0 Å². The van der Waals surface area contributed by atoms with Crippen LogP contribution in [0.4, 0.5) is 4.39 Å². The third-order valence-electron chi connectivity index (χ3n) is 4.59. The molecule has 1 amide bonds. The Labute approximate surface area is 181 Å². The molecule has 4 aromatic rings. The standard InChI is InChI=1S/C22H17ClFN3O4/c1-26(12-18-10-11-19(30-18)14-2-6-16(23)7-3-14)20(28)13-27-22(29)31-21(25-27)15-4-8-17(24)9-5-15/h2-11H,12-13H2,1H3. The van der Waals surface area contributed by atoms with Gasteiger partial charge in [-0.25, -0.2) is 9.18 Å². The van der Waals surface area contributed by atoms with Crippen LogP contribution >= 0.6 is 11.6 Å². The second-order valence-electron chi connectivity index (χ2n) is 6.86. The molecule has 2 aromatic heterocycles. The summed E-state index contributed by atoms with van der Waals surface area (Å²) in [6, 6.07) is 16.2. The molecule has 9 heteroatoms. The number of hydrogen-bond donors (Lipinski definition) is 0. The van der Waals surface area contributed by atoms with Gasteiger partial charge in [-0.15, -0.1) is 5.10 Å². The first-order valence-corrected chi connectivity index (χ1v) is 9.69. The molecule has 0 saturated heterocycles. The average molecular weight is 442 g/mol. The molecule has 0 aliphatic heterocycles. The summed E-state index contributed by atoms with van der Waals surface area (Å²) in [5, 5.41) is 4.65. The van der Waals surface area contributed by atoms with Crippen LogP contribution in [0.2, 0.25) is 5.02 Å². The number of amides is 1. The number of rotatable bonds is 6. The molecule has 31 heavy (non-hydrogen) atoms. The molecule has 7 nitrogen and oxygen atoms in total. The highest BCUT2D eigenvalue weighted by atomic mass is 35.5. The van der Waals surface area contributed by atoms with Gasteiger partial charge in [0.15, 0.2) is 0 Å². The molecule has 0 aliphatic rings. The van der Waals surface area contributed by atoms with Crippen LogP contribution in [0, 0.1) is 5.82 Å². The van der Waals surface area contributed by atoms with Crippen LogP contribution in [0.1, 0.15) is 5.76 Å². The van der Waals surface area contributed by atoms with Crippen LogP contribution in [-0.2, 0) is 17.9 Å². The molecule has 0 N–H and O–H groups in total. The van der Waals surface area contributed by atoms with Crippen molar-refractivity contribution in [3.05, 3.63) is 87.8 Å². The second kappa shape index (κ2) is 8.61. The molecular weight excluding hydrogens is 425 g/mol. The lowest BCUT2D eigenvalue weighted by Crippen LogP contribution is -2.32. The fourth-order valence-electron chi connectivity index (χ4n) is 2.92. The number of furan rings is 1. The largest absolute Gasteiger partial charge is 0.459 e. The Morgan fingerprint density at radius 3 is 2.42 bits per heavy atom. The van der Waals surface area contributed by atoms with Crippen molar-refractivity contribution in [2.75, 3.05) is 7.05 Å². The highest BCUT2D eigenvalue weighted by molar-refractivity contribution is 6.30. The molecule has 0 spiro atoms. The van der Waals surface area contributed by atoms with Crippen LogP contribution < -0.4 is 5.76 Å². The van der Waals surface area contributed by atoms with E-state index in [1.807, 2.05) is 18.2 Å². The van der Waals surface area contributed by atoms with Gasteiger partial charge in [-0.2, -0.15) is 4.68 Å². The first-order valence-electron chi connectivity index (χ1n) is 9.31. The Morgan fingerprint density at radius 1 is 1.03 bits per heavy atom. The van der Waals surface area contributed by atoms with Gasteiger partial charge in [0, 0.05) is 23.2 Å². The third-order valence-corrected chi connectivity index (χ3v) is 4.84. The normalized spacial score (nSPS) is 10.9. The minimum Gasteiger partial charge on any atom is -0.459 e. The van der Waals surface area contributed by atoms with Gasteiger partial charge in [-0.05, 0) is 60.7 Å². The Hall–Kier alpha value is -3.65. The SMILES string of the molecule is CN(Cc1ccc(-c2ccc(Cl)cc2)o1)C(=O)Cn1nc(-c2ccc(F)cc2)oc1=O. The quantitative estimate of drug-likeness (QED) is 0.447. The minimum absolute atomic E-state index is 0.0130. The van der Waals surface area contributed by atoms with Gasteiger partial charge < -0.3 is 13.7 Å². The van der Waals surface area contributed by atoms with E-state index in [0.717, 1.165) is 10.2 Å². The first-order chi connectivity index (χ1) is 14.9. The molecule has 0 saturated carbocycles. The topological polar surface area (TPSA) is 81.5 Å².